The molecule has 2 aromatic heterocycles. The first-order valence-electron chi connectivity index (χ1n) is 13.5. The van der Waals surface area contributed by atoms with Crippen LogP contribution in [0.4, 0.5) is 0 Å². The minimum Gasteiger partial charge on any atom is -0.379 e. The third kappa shape index (κ3) is 12.4. The maximum absolute atomic E-state index is 12.8. The Balaban J connectivity index is 0.00000371. The van der Waals surface area contributed by atoms with Crippen molar-refractivity contribution in [2.24, 2.45) is 11.8 Å². The van der Waals surface area contributed by atoms with Crippen LogP contribution in [0.1, 0.15) is 82.2 Å². The molecule has 214 valence electrons. The van der Waals surface area contributed by atoms with Crippen LogP contribution < -0.4 is 5.32 Å². The van der Waals surface area contributed by atoms with E-state index in [1.54, 1.807) is 30.5 Å². The molecule has 0 aliphatic heterocycles. The summed E-state index contributed by atoms with van der Waals surface area (Å²) in [5, 5.41) is 2.87. The Kier molecular flexibility index (Phi) is 15.6. The average molecular weight is 542 g/mol. The number of Topliss-reactive ketones (excluding diaryl/α,β-unsaturated/α-hetero) is 3. The van der Waals surface area contributed by atoms with Gasteiger partial charge in [-0.05, 0) is 31.2 Å². The predicted octanol–water partition coefficient (Wildman–Crippen LogP) is 4.73. The Morgan fingerprint density at radius 1 is 0.821 bits per heavy atom. The van der Waals surface area contributed by atoms with Gasteiger partial charge in [-0.25, -0.2) is 0 Å². The zero-order chi connectivity index (χ0) is 29.4. The highest BCUT2D eigenvalue weighted by atomic mass is 16.5. The van der Waals surface area contributed by atoms with Crippen LogP contribution in [0.25, 0.3) is 11.3 Å². The topological polar surface area (TPSA) is 125 Å². The molecule has 0 aliphatic rings. The highest BCUT2D eigenvalue weighted by Gasteiger charge is 2.17. The Morgan fingerprint density at radius 2 is 1.46 bits per heavy atom. The fourth-order valence-electron chi connectivity index (χ4n) is 3.21. The lowest BCUT2D eigenvalue weighted by atomic mass is 10.0. The molecule has 0 saturated heterocycles. The van der Waals surface area contributed by atoms with Crippen LogP contribution in [0.3, 0.4) is 0 Å². The van der Waals surface area contributed by atoms with Gasteiger partial charge in [0.05, 0.1) is 43.7 Å². The van der Waals surface area contributed by atoms with Crippen LogP contribution in [-0.2, 0) is 19.1 Å². The number of amides is 1. The number of ether oxygens (including phenoxy) is 2. The molecule has 1 N–H and O–H groups in total. The van der Waals surface area contributed by atoms with Crippen LogP contribution in [0.15, 0.2) is 36.7 Å². The van der Waals surface area contributed by atoms with E-state index in [9.17, 15) is 19.2 Å². The zero-order valence-electron chi connectivity index (χ0n) is 24.3. The Labute approximate surface area is 232 Å². The van der Waals surface area contributed by atoms with Gasteiger partial charge in [-0.15, -0.1) is 0 Å². The van der Waals surface area contributed by atoms with E-state index in [2.05, 4.69) is 15.3 Å². The second-order valence-corrected chi connectivity index (χ2v) is 9.53. The van der Waals surface area contributed by atoms with Crippen molar-refractivity contribution in [1.29, 1.82) is 0 Å². The van der Waals surface area contributed by atoms with Crippen molar-refractivity contribution in [3.05, 3.63) is 47.9 Å². The fourth-order valence-corrected chi connectivity index (χ4v) is 3.21. The fraction of sp³-hybridized carbons (Fsp3) is 0.533. The molecule has 1 atom stereocenters. The van der Waals surface area contributed by atoms with E-state index in [4.69, 9.17) is 9.47 Å². The Hall–Kier alpha value is -3.30. The summed E-state index contributed by atoms with van der Waals surface area (Å²) < 4.78 is 11.2. The lowest BCUT2D eigenvalue weighted by Gasteiger charge is -2.19. The summed E-state index contributed by atoms with van der Waals surface area (Å²) in [6.45, 7) is 13.6. The molecule has 39 heavy (non-hydrogen) atoms. The Morgan fingerprint density at radius 3 is 1.95 bits per heavy atom. The number of carbonyl (C=O) groups excluding carboxylic acids is 4. The van der Waals surface area contributed by atoms with Crippen molar-refractivity contribution in [2.45, 2.75) is 67.3 Å². The van der Waals surface area contributed by atoms with Gasteiger partial charge in [0.1, 0.15) is 17.3 Å². The number of nitrogens with zero attached hydrogens (tertiary/aromatic N) is 2. The van der Waals surface area contributed by atoms with Crippen molar-refractivity contribution in [3.8, 4) is 11.3 Å². The summed E-state index contributed by atoms with van der Waals surface area (Å²) in [6.07, 6.45) is 3.65. The molecule has 2 aromatic rings. The van der Waals surface area contributed by atoms with E-state index in [0.717, 1.165) is 5.56 Å². The van der Waals surface area contributed by atoms with Gasteiger partial charge in [-0.1, -0.05) is 41.5 Å². The van der Waals surface area contributed by atoms with E-state index in [1.165, 1.54) is 13.1 Å². The van der Waals surface area contributed by atoms with E-state index < -0.39 is 6.04 Å². The molecule has 0 aliphatic carbocycles. The molecule has 2 heterocycles. The van der Waals surface area contributed by atoms with Crippen LogP contribution in [-0.4, -0.2) is 65.7 Å². The monoisotopic (exact) mass is 541 g/mol. The molecule has 9 nitrogen and oxygen atoms in total. The first-order chi connectivity index (χ1) is 18.6. The minimum absolute atomic E-state index is 0.0200. The first-order valence-corrected chi connectivity index (χ1v) is 13.5. The third-order valence-corrected chi connectivity index (χ3v) is 5.57. The second-order valence-electron chi connectivity index (χ2n) is 9.53. The summed E-state index contributed by atoms with van der Waals surface area (Å²) in [6, 6.07) is 6.35. The van der Waals surface area contributed by atoms with E-state index in [-0.39, 0.29) is 67.9 Å². The number of rotatable bonds is 16. The number of pyridine rings is 2. The van der Waals surface area contributed by atoms with Gasteiger partial charge >= 0.3 is 0 Å². The summed E-state index contributed by atoms with van der Waals surface area (Å²) >= 11 is 0. The minimum atomic E-state index is -0.469. The summed E-state index contributed by atoms with van der Waals surface area (Å²) in [7, 11) is 0. The summed E-state index contributed by atoms with van der Waals surface area (Å²) in [4.78, 5) is 56.5. The SMILES string of the molecule is CC.CC(=O)CCOCC(COCCC(=O)C(C)C)NC(=O)c1ccc(-c2ccc(C(=O)C(C)C)nc2)nc1. The van der Waals surface area contributed by atoms with E-state index in [0.29, 0.717) is 23.4 Å². The highest BCUT2D eigenvalue weighted by Crippen LogP contribution is 2.17. The molecule has 0 fully saturated rings. The van der Waals surface area contributed by atoms with Crippen molar-refractivity contribution < 1.29 is 28.7 Å². The second kappa shape index (κ2) is 18.1. The van der Waals surface area contributed by atoms with Gasteiger partial charge in [-0.2, -0.15) is 0 Å². The van der Waals surface area contributed by atoms with E-state index >= 15 is 0 Å². The van der Waals surface area contributed by atoms with Crippen LogP contribution >= 0.6 is 0 Å². The molecule has 1 amide bonds. The quantitative estimate of drug-likeness (QED) is 0.239. The number of nitrogens with one attached hydrogen (secondary N) is 1. The summed E-state index contributed by atoms with van der Waals surface area (Å²) in [5.74, 6) is -0.433. The number of hydrogen-bond donors (Lipinski definition) is 1. The normalized spacial score (nSPS) is 11.5. The average Bonchev–Trinajstić information content (AvgIpc) is 2.93. The zero-order valence-corrected chi connectivity index (χ0v) is 24.3. The number of carbonyl (C=O) groups is 4. The smallest absolute Gasteiger partial charge is 0.253 e. The number of hydrogen-bond acceptors (Lipinski definition) is 8. The van der Waals surface area contributed by atoms with Gasteiger partial charge in [0.2, 0.25) is 0 Å². The number of aromatic nitrogens is 2. The third-order valence-electron chi connectivity index (χ3n) is 5.57. The van der Waals surface area contributed by atoms with Crippen LogP contribution in [0.2, 0.25) is 0 Å². The van der Waals surface area contributed by atoms with Crippen molar-refractivity contribution in [2.75, 3.05) is 26.4 Å². The molecule has 0 bridgehead atoms. The lowest BCUT2D eigenvalue weighted by Crippen LogP contribution is -2.42. The molecule has 0 spiro atoms. The first kappa shape index (κ1) is 33.7. The van der Waals surface area contributed by atoms with Crippen molar-refractivity contribution in [3.63, 3.8) is 0 Å². The van der Waals surface area contributed by atoms with E-state index in [1.807, 2.05) is 41.5 Å². The molecular formula is C30H43N3O6. The van der Waals surface area contributed by atoms with Gasteiger partial charge in [-0.3, -0.25) is 29.1 Å². The van der Waals surface area contributed by atoms with Gasteiger partial charge in [0, 0.05) is 42.6 Å². The number of ketones is 3. The van der Waals surface area contributed by atoms with Crippen molar-refractivity contribution >= 4 is 23.3 Å². The van der Waals surface area contributed by atoms with Crippen LogP contribution in [0, 0.1) is 11.8 Å². The molecule has 0 radical (unpaired) electrons. The van der Waals surface area contributed by atoms with Gasteiger partial charge in [0.25, 0.3) is 5.91 Å². The molecular weight excluding hydrogens is 498 g/mol. The molecule has 1 unspecified atom stereocenters. The highest BCUT2D eigenvalue weighted by molar-refractivity contribution is 5.96. The predicted molar refractivity (Wildman–Crippen MR) is 151 cm³/mol. The van der Waals surface area contributed by atoms with Crippen LogP contribution in [0.5, 0.6) is 0 Å². The molecule has 2 rings (SSSR count). The largest absolute Gasteiger partial charge is 0.379 e. The standard InChI is InChI=1S/C28H37N3O6.C2H6/c1-18(2)26(33)11-13-37-17-23(16-36-12-10-20(5)32)31-28(35)22-7-8-24(29-15-22)21-6-9-25(30-14-21)27(34)19(3)4;1-2/h6-9,14-15,18-19,23H,10-13,16-17H2,1-5H3,(H,31,35);1-2H3. The molecule has 9 heteroatoms. The molecule has 0 aromatic carbocycles. The van der Waals surface area contributed by atoms with Gasteiger partial charge < -0.3 is 14.8 Å². The summed E-state index contributed by atoms with van der Waals surface area (Å²) in [5.41, 5.74) is 2.11. The lowest BCUT2D eigenvalue weighted by molar-refractivity contribution is -0.123. The van der Waals surface area contributed by atoms with Gasteiger partial charge in [0.15, 0.2) is 5.78 Å². The maximum atomic E-state index is 12.8. The Bertz CT molecular complexity index is 1050. The maximum Gasteiger partial charge on any atom is 0.253 e. The van der Waals surface area contributed by atoms with Crippen molar-refractivity contribution in [1.82, 2.24) is 15.3 Å². The molecule has 0 saturated carbocycles.